The Hall–Kier alpha value is -2.55. The number of thioether (sulfide) groups is 1. The highest BCUT2D eigenvalue weighted by Crippen LogP contribution is 2.31. The molecule has 150 valence electrons. The van der Waals surface area contributed by atoms with Crippen LogP contribution in [-0.2, 0) is 11.3 Å². The number of hydrogen-bond donors (Lipinski definition) is 2. The predicted octanol–water partition coefficient (Wildman–Crippen LogP) is 4.70. The van der Waals surface area contributed by atoms with Gasteiger partial charge in [-0.05, 0) is 43.3 Å². The van der Waals surface area contributed by atoms with E-state index in [4.69, 9.17) is 28.3 Å². The first-order valence-corrected chi connectivity index (χ1v) is 10.3. The van der Waals surface area contributed by atoms with Crippen molar-refractivity contribution in [3.05, 3.63) is 58.1 Å². The van der Waals surface area contributed by atoms with Crippen molar-refractivity contribution >= 4 is 52.5 Å². The number of anilines is 1. The van der Waals surface area contributed by atoms with Gasteiger partial charge in [0.2, 0.25) is 5.91 Å². The summed E-state index contributed by atoms with van der Waals surface area (Å²) >= 11 is 13.5. The number of aromatic carboxylic acids is 1. The summed E-state index contributed by atoms with van der Waals surface area (Å²) in [5, 5.41) is 21.7. The molecule has 10 heteroatoms. The quantitative estimate of drug-likeness (QED) is 0.506. The lowest BCUT2D eigenvalue weighted by molar-refractivity contribution is -0.113. The van der Waals surface area contributed by atoms with Crippen molar-refractivity contribution in [1.82, 2.24) is 14.8 Å². The van der Waals surface area contributed by atoms with Crippen LogP contribution in [0, 0.1) is 0 Å². The summed E-state index contributed by atoms with van der Waals surface area (Å²) in [6.45, 7) is 2.53. The van der Waals surface area contributed by atoms with Crippen LogP contribution in [-0.4, -0.2) is 37.5 Å². The standard InChI is InChI=1S/C19H16Cl2N4O3S/c1-2-25-17(14-7-6-12(20)9-15(14)21)23-24-19(25)29-10-16(26)22-13-5-3-4-11(8-13)18(27)28/h3-9H,2,10H2,1H3,(H,22,26)(H,27,28). The van der Waals surface area contributed by atoms with Crippen LogP contribution in [0.2, 0.25) is 10.0 Å². The van der Waals surface area contributed by atoms with Gasteiger partial charge in [0.1, 0.15) is 0 Å². The molecule has 29 heavy (non-hydrogen) atoms. The highest BCUT2D eigenvalue weighted by atomic mass is 35.5. The number of halogens is 2. The molecule has 0 aliphatic rings. The summed E-state index contributed by atoms with van der Waals surface area (Å²) in [7, 11) is 0. The molecule has 0 radical (unpaired) electrons. The first-order valence-electron chi connectivity index (χ1n) is 8.53. The summed E-state index contributed by atoms with van der Waals surface area (Å²) in [6.07, 6.45) is 0. The van der Waals surface area contributed by atoms with E-state index >= 15 is 0 Å². The summed E-state index contributed by atoms with van der Waals surface area (Å²) in [5.41, 5.74) is 1.22. The molecule has 0 spiro atoms. The van der Waals surface area contributed by atoms with Gasteiger partial charge < -0.3 is 15.0 Å². The zero-order valence-corrected chi connectivity index (χ0v) is 17.6. The summed E-state index contributed by atoms with van der Waals surface area (Å²) in [6, 6.07) is 11.2. The Morgan fingerprint density at radius 3 is 2.66 bits per heavy atom. The fourth-order valence-electron chi connectivity index (χ4n) is 2.61. The minimum atomic E-state index is -1.06. The smallest absolute Gasteiger partial charge is 0.335 e. The molecule has 0 atom stereocenters. The summed E-state index contributed by atoms with van der Waals surface area (Å²) < 4.78 is 1.86. The Kier molecular flexibility index (Phi) is 6.79. The predicted molar refractivity (Wildman–Crippen MR) is 114 cm³/mol. The van der Waals surface area contributed by atoms with E-state index in [1.165, 1.54) is 23.9 Å². The van der Waals surface area contributed by atoms with Crippen LogP contribution in [0.1, 0.15) is 17.3 Å². The van der Waals surface area contributed by atoms with Crippen molar-refractivity contribution in [3.63, 3.8) is 0 Å². The molecule has 3 aromatic rings. The first kappa shape index (κ1) is 21.2. The third kappa shape index (κ3) is 5.09. The van der Waals surface area contributed by atoms with Crippen molar-refractivity contribution in [1.29, 1.82) is 0 Å². The summed E-state index contributed by atoms with van der Waals surface area (Å²) in [4.78, 5) is 23.3. The monoisotopic (exact) mass is 450 g/mol. The maximum Gasteiger partial charge on any atom is 0.335 e. The average molecular weight is 451 g/mol. The van der Waals surface area contributed by atoms with E-state index < -0.39 is 5.97 Å². The van der Waals surface area contributed by atoms with Crippen LogP contribution in [0.25, 0.3) is 11.4 Å². The molecular weight excluding hydrogens is 435 g/mol. The minimum Gasteiger partial charge on any atom is -0.478 e. The molecule has 0 bridgehead atoms. The van der Waals surface area contributed by atoms with Gasteiger partial charge in [-0.2, -0.15) is 0 Å². The lowest BCUT2D eigenvalue weighted by Crippen LogP contribution is -2.15. The molecule has 1 heterocycles. The fraction of sp³-hybridized carbons (Fsp3) is 0.158. The SMILES string of the molecule is CCn1c(SCC(=O)Nc2cccc(C(=O)O)c2)nnc1-c1ccc(Cl)cc1Cl. The number of hydrogen-bond acceptors (Lipinski definition) is 5. The third-order valence-corrected chi connectivity index (χ3v) is 5.45. The molecule has 3 rings (SSSR count). The van der Waals surface area contributed by atoms with E-state index in [0.29, 0.717) is 38.8 Å². The van der Waals surface area contributed by atoms with Gasteiger partial charge in [-0.25, -0.2) is 4.79 Å². The number of nitrogens with one attached hydrogen (secondary N) is 1. The topological polar surface area (TPSA) is 97.1 Å². The lowest BCUT2D eigenvalue weighted by Gasteiger charge is -2.09. The second kappa shape index (κ2) is 9.30. The Balaban J connectivity index is 1.71. The molecule has 1 aromatic heterocycles. The number of carboxylic acids is 1. The number of benzene rings is 2. The van der Waals surface area contributed by atoms with Gasteiger partial charge in [-0.3, -0.25) is 4.79 Å². The van der Waals surface area contributed by atoms with E-state index in [9.17, 15) is 9.59 Å². The minimum absolute atomic E-state index is 0.0871. The lowest BCUT2D eigenvalue weighted by atomic mass is 10.2. The Morgan fingerprint density at radius 2 is 1.97 bits per heavy atom. The molecule has 2 N–H and O–H groups in total. The molecule has 0 saturated heterocycles. The van der Waals surface area contributed by atoms with Crippen molar-refractivity contribution in [3.8, 4) is 11.4 Å². The Bertz CT molecular complexity index is 1070. The van der Waals surface area contributed by atoms with Crippen LogP contribution in [0.5, 0.6) is 0 Å². The summed E-state index contributed by atoms with van der Waals surface area (Å²) in [5.74, 6) is -0.663. The number of amides is 1. The third-order valence-electron chi connectivity index (χ3n) is 3.93. The average Bonchev–Trinajstić information content (AvgIpc) is 3.09. The molecule has 1 amide bonds. The van der Waals surface area contributed by atoms with E-state index in [-0.39, 0.29) is 17.2 Å². The molecule has 7 nitrogen and oxygen atoms in total. The molecule has 0 saturated carbocycles. The van der Waals surface area contributed by atoms with Crippen molar-refractivity contribution in [2.75, 3.05) is 11.1 Å². The van der Waals surface area contributed by atoms with E-state index in [1.807, 2.05) is 11.5 Å². The first-order chi connectivity index (χ1) is 13.9. The maximum atomic E-state index is 12.3. The van der Waals surface area contributed by atoms with Gasteiger partial charge in [0, 0.05) is 22.8 Å². The Morgan fingerprint density at radius 1 is 1.17 bits per heavy atom. The van der Waals surface area contributed by atoms with Crippen LogP contribution >= 0.6 is 35.0 Å². The number of carbonyl (C=O) groups excluding carboxylic acids is 1. The number of carboxylic acid groups (broad SMARTS) is 1. The molecule has 0 unspecified atom stereocenters. The number of aromatic nitrogens is 3. The van der Waals surface area contributed by atoms with E-state index in [1.54, 1.807) is 30.3 Å². The molecule has 0 aliphatic carbocycles. The molecule has 2 aromatic carbocycles. The fourth-order valence-corrected chi connectivity index (χ4v) is 3.90. The van der Waals surface area contributed by atoms with Gasteiger partial charge in [0.15, 0.2) is 11.0 Å². The molecule has 0 aliphatic heterocycles. The second-order valence-electron chi connectivity index (χ2n) is 5.90. The van der Waals surface area contributed by atoms with Gasteiger partial charge in [-0.1, -0.05) is 41.0 Å². The van der Waals surface area contributed by atoms with Crippen LogP contribution in [0.3, 0.4) is 0 Å². The van der Waals surface area contributed by atoms with Gasteiger partial charge in [-0.15, -0.1) is 10.2 Å². The number of nitrogens with zero attached hydrogens (tertiary/aromatic N) is 3. The largest absolute Gasteiger partial charge is 0.478 e. The second-order valence-corrected chi connectivity index (χ2v) is 7.68. The van der Waals surface area contributed by atoms with Gasteiger partial charge >= 0.3 is 5.97 Å². The van der Waals surface area contributed by atoms with Crippen molar-refractivity contribution in [2.24, 2.45) is 0 Å². The van der Waals surface area contributed by atoms with Crippen LogP contribution in [0.15, 0.2) is 47.6 Å². The van der Waals surface area contributed by atoms with E-state index in [0.717, 1.165) is 0 Å². The van der Waals surface area contributed by atoms with Crippen molar-refractivity contribution < 1.29 is 14.7 Å². The number of carbonyl (C=O) groups is 2. The Labute approximate surface area is 181 Å². The number of rotatable bonds is 7. The normalized spacial score (nSPS) is 10.7. The zero-order chi connectivity index (χ0) is 21.0. The molecular formula is C19H16Cl2N4O3S. The molecule has 0 fully saturated rings. The van der Waals surface area contributed by atoms with Gasteiger partial charge in [0.05, 0.1) is 16.3 Å². The zero-order valence-electron chi connectivity index (χ0n) is 15.2. The maximum absolute atomic E-state index is 12.3. The van der Waals surface area contributed by atoms with Crippen LogP contribution < -0.4 is 5.32 Å². The van der Waals surface area contributed by atoms with Crippen molar-refractivity contribution in [2.45, 2.75) is 18.6 Å². The highest BCUT2D eigenvalue weighted by Gasteiger charge is 2.17. The van der Waals surface area contributed by atoms with Gasteiger partial charge in [0.25, 0.3) is 0 Å². The highest BCUT2D eigenvalue weighted by molar-refractivity contribution is 7.99. The van der Waals surface area contributed by atoms with E-state index in [2.05, 4.69) is 15.5 Å². The van der Waals surface area contributed by atoms with Crippen LogP contribution in [0.4, 0.5) is 5.69 Å².